The van der Waals surface area contributed by atoms with Gasteiger partial charge in [-0.05, 0) is 36.6 Å². The maximum atomic E-state index is 5.46. The lowest BCUT2D eigenvalue weighted by molar-refractivity contribution is 0.411. The van der Waals surface area contributed by atoms with Gasteiger partial charge in [0.1, 0.15) is 10.8 Å². The number of methoxy groups -OCH3 is 1. The number of hydrogen-bond donors (Lipinski definition) is 0. The molecule has 126 valence electrons. The minimum absolute atomic E-state index is 0.749. The van der Waals surface area contributed by atoms with Crippen LogP contribution in [0.1, 0.15) is 11.1 Å². The van der Waals surface area contributed by atoms with Crippen LogP contribution in [0.25, 0.3) is 17.0 Å². The van der Waals surface area contributed by atoms with Crippen molar-refractivity contribution in [3.63, 3.8) is 0 Å². The largest absolute Gasteiger partial charge is 0.496 e. The molecule has 3 heterocycles. The summed E-state index contributed by atoms with van der Waals surface area (Å²) in [5.41, 5.74) is 4.17. The number of nitrogens with zero attached hydrogens (tertiary/aromatic N) is 4. The molecule has 0 aliphatic heterocycles. The van der Waals surface area contributed by atoms with Gasteiger partial charge in [-0.3, -0.25) is 0 Å². The lowest BCUT2D eigenvalue weighted by atomic mass is 10.1. The molecule has 0 fully saturated rings. The summed E-state index contributed by atoms with van der Waals surface area (Å²) >= 11 is 3.31. The summed E-state index contributed by atoms with van der Waals surface area (Å²) in [7, 11) is 1.70. The Morgan fingerprint density at radius 2 is 2.08 bits per heavy atom. The van der Waals surface area contributed by atoms with Crippen LogP contribution < -0.4 is 4.74 Å². The van der Waals surface area contributed by atoms with Crippen LogP contribution in [-0.2, 0) is 5.75 Å². The van der Waals surface area contributed by atoms with E-state index < -0.39 is 0 Å². The number of ether oxygens (including phenoxy) is 1. The summed E-state index contributed by atoms with van der Waals surface area (Å²) in [5.74, 6) is 2.47. The molecule has 0 amide bonds. The van der Waals surface area contributed by atoms with Gasteiger partial charge in [0.25, 0.3) is 0 Å². The van der Waals surface area contributed by atoms with Gasteiger partial charge in [-0.1, -0.05) is 29.5 Å². The van der Waals surface area contributed by atoms with E-state index in [0.717, 1.165) is 39.1 Å². The molecule has 3 aromatic heterocycles. The normalized spacial score (nSPS) is 11.1. The second-order valence-electron chi connectivity index (χ2n) is 5.58. The Morgan fingerprint density at radius 1 is 1.16 bits per heavy atom. The van der Waals surface area contributed by atoms with E-state index in [1.54, 1.807) is 34.7 Å². The fourth-order valence-electron chi connectivity index (χ4n) is 2.59. The number of aromatic nitrogens is 4. The van der Waals surface area contributed by atoms with Gasteiger partial charge in [0, 0.05) is 22.3 Å². The molecular weight excluding hydrogens is 352 g/mol. The third-order valence-corrected chi connectivity index (χ3v) is 5.48. The topological polar surface area (TPSA) is 52.3 Å². The molecule has 0 bridgehead atoms. The molecule has 0 aliphatic carbocycles. The lowest BCUT2D eigenvalue weighted by Gasteiger charge is -2.09. The Kier molecular flexibility index (Phi) is 4.42. The van der Waals surface area contributed by atoms with E-state index in [9.17, 15) is 0 Å². The number of aryl methyl sites for hydroxylation is 1. The zero-order valence-electron chi connectivity index (χ0n) is 13.8. The maximum Gasteiger partial charge on any atom is 0.186 e. The van der Waals surface area contributed by atoms with Crippen molar-refractivity contribution >= 4 is 28.7 Å². The minimum Gasteiger partial charge on any atom is -0.496 e. The first kappa shape index (κ1) is 16.1. The highest BCUT2D eigenvalue weighted by Gasteiger charge is 2.11. The molecule has 0 radical (unpaired) electrons. The van der Waals surface area contributed by atoms with Gasteiger partial charge < -0.3 is 4.74 Å². The second-order valence-corrected chi connectivity index (χ2v) is 7.36. The van der Waals surface area contributed by atoms with Crippen molar-refractivity contribution in [3.8, 4) is 17.1 Å². The number of benzene rings is 1. The van der Waals surface area contributed by atoms with E-state index >= 15 is 0 Å². The molecule has 7 heteroatoms. The molecule has 0 atom stereocenters. The molecule has 0 unspecified atom stereocenters. The third-order valence-electron chi connectivity index (χ3n) is 3.83. The highest BCUT2D eigenvalue weighted by molar-refractivity contribution is 7.98. The van der Waals surface area contributed by atoms with Gasteiger partial charge in [-0.2, -0.15) is 21.0 Å². The van der Waals surface area contributed by atoms with Gasteiger partial charge in [-0.25, -0.2) is 0 Å². The first-order valence-corrected chi connectivity index (χ1v) is 9.69. The Balaban J connectivity index is 1.62. The molecule has 0 saturated carbocycles. The van der Waals surface area contributed by atoms with E-state index in [1.807, 2.05) is 29.6 Å². The summed E-state index contributed by atoms with van der Waals surface area (Å²) in [4.78, 5) is 0. The molecule has 4 rings (SSSR count). The Hall–Kier alpha value is -2.38. The van der Waals surface area contributed by atoms with Crippen LogP contribution in [0.5, 0.6) is 5.75 Å². The minimum atomic E-state index is 0.749. The van der Waals surface area contributed by atoms with E-state index in [0.29, 0.717) is 0 Å². The summed E-state index contributed by atoms with van der Waals surface area (Å²) < 4.78 is 7.26. The van der Waals surface area contributed by atoms with Gasteiger partial charge in [-0.15, -0.1) is 10.2 Å². The van der Waals surface area contributed by atoms with Crippen LogP contribution in [-0.4, -0.2) is 26.9 Å². The Bertz CT molecular complexity index is 1010. The van der Waals surface area contributed by atoms with Gasteiger partial charge in [0.2, 0.25) is 0 Å². The van der Waals surface area contributed by atoms with Crippen molar-refractivity contribution in [2.45, 2.75) is 17.7 Å². The molecule has 0 saturated heterocycles. The number of fused-ring (bicyclic) bond motifs is 1. The zero-order chi connectivity index (χ0) is 17.2. The van der Waals surface area contributed by atoms with Crippen molar-refractivity contribution in [3.05, 3.63) is 58.3 Å². The van der Waals surface area contributed by atoms with E-state index in [4.69, 9.17) is 9.84 Å². The van der Waals surface area contributed by atoms with Crippen molar-refractivity contribution in [1.82, 2.24) is 19.8 Å². The van der Waals surface area contributed by atoms with E-state index in [-0.39, 0.29) is 0 Å². The first-order valence-electron chi connectivity index (χ1n) is 7.76. The van der Waals surface area contributed by atoms with Crippen LogP contribution >= 0.6 is 23.1 Å². The first-order chi connectivity index (χ1) is 12.2. The Morgan fingerprint density at radius 3 is 2.88 bits per heavy atom. The average Bonchev–Trinajstić information content (AvgIpc) is 3.29. The predicted octanol–water partition coefficient (Wildman–Crippen LogP) is 4.46. The molecule has 0 spiro atoms. The lowest BCUT2D eigenvalue weighted by Crippen LogP contribution is -1.97. The standard InChI is InChI=1S/C18H16N4OS2/c1-12-3-4-15(23-2)14(9-12)11-25-17-6-5-16-19-20-18(22(16)21-17)13-7-8-24-10-13/h3-10H,11H2,1-2H3. The van der Waals surface area contributed by atoms with Crippen molar-refractivity contribution < 1.29 is 4.74 Å². The summed E-state index contributed by atoms with van der Waals surface area (Å²) in [6.45, 7) is 2.09. The fraction of sp³-hybridized carbons (Fsp3) is 0.167. The molecule has 0 aliphatic rings. The van der Waals surface area contributed by atoms with Crippen molar-refractivity contribution in [2.24, 2.45) is 0 Å². The molecule has 4 aromatic rings. The Labute approximate surface area is 153 Å². The highest BCUT2D eigenvalue weighted by atomic mass is 32.2. The highest BCUT2D eigenvalue weighted by Crippen LogP contribution is 2.28. The van der Waals surface area contributed by atoms with Crippen molar-refractivity contribution in [2.75, 3.05) is 7.11 Å². The van der Waals surface area contributed by atoms with Crippen LogP contribution in [0, 0.1) is 6.92 Å². The SMILES string of the molecule is COc1ccc(C)cc1CSc1ccc2nnc(-c3ccsc3)n2n1. The van der Waals surface area contributed by atoms with E-state index in [2.05, 4.69) is 34.6 Å². The molecular formula is C18H16N4OS2. The van der Waals surface area contributed by atoms with Crippen LogP contribution in [0.2, 0.25) is 0 Å². The van der Waals surface area contributed by atoms with Gasteiger partial charge in [0.15, 0.2) is 11.5 Å². The maximum absolute atomic E-state index is 5.46. The smallest absolute Gasteiger partial charge is 0.186 e. The third kappa shape index (κ3) is 3.25. The van der Waals surface area contributed by atoms with Gasteiger partial charge >= 0.3 is 0 Å². The molecule has 25 heavy (non-hydrogen) atoms. The molecule has 0 N–H and O–H groups in total. The number of rotatable bonds is 5. The quantitative estimate of drug-likeness (QED) is 0.487. The predicted molar refractivity (Wildman–Crippen MR) is 101 cm³/mol. The monoisotopic (exact) mass is 368 g/mol. The molecule has 1 aromatic carbocycles. The van der Waals surface area contributed by atoms with Crippen LogP contribution in [0.4, 0.5) is 0 Å². The summed E-state index contributed by atoms with van der Waals surface area (Å²) in [6, 6.07) is 12.2. The van der Waals surface area contributed by atoms with Gasteiger partial charge in [0.05, 0.1) is 7.11 Å². The zero-order valence-corrected chi connectivity index (χ0v) is 15.5. The fourth-order valence-corrected chi connectivity index (χ4v) is 4.06. The molecule has 5 nitrogen and oxygen atoms in total. The average molecular weight is 368 g/mol. The number of thioether (sulfide) groups is 1. The second kappa shape index (κ2) is 6.85. The van der Waals surface area contributed by atoms with E-state index in [1.165, 1.54) is 5.56 Å². The summed E-state index contributed by atoms with van der Waals surface area (Å²) in [5, 5.41) is 18.2. The number of hydrogen-bond acceptors (Lipinski definition) is 6. The van der Waals surface area contributed by atoms with Crippen molar-refractivity contribution in [1.29, 1.82) is 0 Å². The number of thiophene rings is 1. The van der Waals surface area contributed by atoms with Crippen LogP contribution in [0.15, 0.2) is 52.2 Å². The summed E-state index contributed by atoms with van der Waals surface area (Å²) in [6.07, 6.45) is 0. The van der Waals surface area contributed by atoms with Crippen LogP contribution in [0.3, 0.4) is 0 Å².